The Balaban J connectivity index is 3.19. The van der Waals surface area contributed by atoms with Gasteiger partial charge in [-0.3, -0.25) is 4.79 Å². The molecule has 0 aromatic heterocycles. The lowest BCUT2D eigenvalue weighted by atomic mass is 9.91. The van der Waals surface area contributed by atoms with Gasteiger partial charge in [0, 0.05) is 5.57 Å². The lowest BCUT2D eigenvalue weighted by molar-refractivity contribution is -0.113. The molecule has 0 unspecified atom stereocenters. The summed E-state index contributed by atoms with van der Waals surface area (Å²) in [5.41, 5.74) is 3.02. The number of carbonyl (C=O) groups is 1. The molecule has 0 fully saturated rings. The number of methoxy groups -OCH3 is 1. The number of hydrogen-bond donors (Lipinski definition) is 0. The first kappa shape index (κ1) is 13.5. The zero-order valence-electron chi connectivity index (χ0n) is 11.2. The van der Waals surface area contributed by atoms with Gasteiger partial charge < -0.3 is 4.74 Å². The second kappa shape index (κ2) is 5.67. The molecule has 0 saturated carbocycles. The first-order chi connectivity index (χ1) is 7.97. The number of ether oxygens (including phenoxy) is 1. The molecule has 0 radical (unpaired) electrons. The topological polar surface area (TPSA) is 26.3 Å². The van der Waals surface area contributed by atoms with Gasteiger partial charge in [0.25, 0.3) is 0 Å². The Kier molecular flexibility index (Phi) is 4.50. The van der Waals surface area contributed by atoms with Crippen LogP contribution in [0.3, 0.4) is 0 Å². The summed E-state index contributed by atoms with van der Waals surface area (Å²) in [6, 6.07) is 7.80. The lowest BCUT2D eigenvalue weighted by Crippen LogP contribution is -2.06. The van der Waals surface area contributed by atoms with Gasteiger partial charge in [-0.1, -0.05) is 26.0 Å². The monoisotopic (exact) mass is 232 g/mol. The molecule has 2 nitrogen and oxygen atoms in total. The maximum atomic E-state index is 11.6. The minimum Gasteiger partial charge on any atom is -0.497 e. The van der Waals surface area contributed by atoms with E-state index < -0.39 is 0 Å². The summed E-state index contributed by atoms with van der Waals surface area (Å²) in [7, 11) is 1.65. The zero-order chi connectivity index (χ0) is 13.0. The van der Waals surface area contributed by atoms with E-state index in [1.54, 1.807) is 14.0 Å². The first-order valence-corrected chi connectivity index (χ1v) is 5.83. The normalized spacial score (nSPS) is 12.4. The fourth-order valence-electron chi connectivity index (χ4n) is 2.10. The Labute approximate surface area is 103 Å². The SMILES string of the molecule is COc1ccc(C(C)=C(C(C)=O)C(C)C)cc1. The molecule has 0 N–H and O–H groups in total. The Morgan fingerprint density at radius 3 is 2.00 bits per heavy atom. The molecule has 0 aliphatic heterocycles. The van der Waals surface area contributed by atoms with Crippen LogP contribution in [0.15, 0.2) is 29.8 Å². The number of rotatable bonds is 4. The van der Waals surface area contributed by atoms with Crippen LogP contribution < -0.4 is 4.74 Å². The van der Waals surface area contributed by atoms with Crippen LogP contribution in [-0.2, 0) is 4.79 Å². The number of allylic oxidation sites excluding steroid dienone is 2. The molecule has 0 amide bonds. The number of Topliss-reactive ketones (excluding diaryl/α,β-unsaturated/α-hetero) is 1. The second-order valence-electron chi connectivity index (χ2n) is 4.48. The molecule has 1 rings (SSSR count). The van der Waals surface area contributed by atoms with Crippen molar-refractivity contribution in [2.75, 3.05) is 7.11 Å². The predicted molar refractivity (Wildman–Crippen MR) is 71.1 cm³/mol. The molecule has 1 aromatic rings. The van der Waals surface area contributed by atoms with Crippen molar-refractivity contribution in [3.8, 4) is 5.75 Å². The van der Waals surface area contributed by atoms with Crippen molar-refractivity contribution in [1.29, 1.82) is 0 Å². The molecular weight excluding hydrogens is 212 g/mol. The van der Waals surface area contributed by atoms with Crippen molar-refractivity contribution >= 4 is 11.4 Å². The van der Waals surface area contributed by atoms with Gasteiger partial charge in [0.2, 0.25) is 0 Å². The van der Waals surface area contributed by atoms with Crippen LogP contribution in [0.2, 0.25) is 0 Å². The van der Waals surface area contributed by atoms with E-state index >= 15 is 0 Å². The van der Waals surface area contributed by atoms with E-state index in [0.29, 0.717) is 0 Å². The third-order valence-corrected chi connectivity index (χ3v) is 2.88. The Bertz CT molecular complexity index is 425. The smallest absolute Gasteiger partial charge is 0.156 e. The van der Waals surface area contributed by atoms with E-state index in [2.05, 4.69) is 0 Å². The van der Waals surface area contributed by atoms with Gasteiger partial charge in [0.05, 0.1) is 7.11 Å². The number of hydrogen-bond acceptors (Lipinski definition) is 2. The molecule has 2 heteroatoms. The van der Waals surface area contributed by atoms with Gasteiger partial charge >= 0.3 is 0 Å². The van der Waals surface area contributed by atoms with Gasteiger partial charge in [0.15, 0.2) is 5.78 Å². The molecule has 0 aliphatic rings. The molecule has 0 heterocycles. The van der Waals surface area contributed by atoms with Crippen molar-refractivity contribution < 1.29 is 9.53 Å². The highest BCUT2D eigenvalue weighted by atomic mass is 16.5. The summed E-state index contributed by atoms with van der Waals surface area (Å²) in [5, 5.41) is 0. The highest BCUT2D eigenvalue weighted by molar-refractivity contribution is 6.01. The summed E-state index contributed by atoms with van der Waals surface area (Å²) in [4.78, 5) is 11.6. The molecule has 92 valence electrons. The Morgan fingerprint density at radius 1 is 1.12 bits per heavy atom. The van der Waals surface area contributed by atoms with Crippen molar-refractivity contribution in [2.24, 2.45) is 5.92 Å². The first-order valence-electron chi connectivity index (χ1n) is 5.83. The van der Waals surface area contributed by atoms with Crippen LogP contribution in [-0.4, -0.2) is 12.9 Å². The zero-order valence-corrected chi connectivity index (χ0v) is 11.2. The molecule has 0 aliphatic carbocycles. The number of carbonyl (C=O) groups excluding carboxylic acids is 1. The van der Waals surface area contributed by atoms with Crippen LogP contribution >= 0.6 is 0 Å². The predicted octanol–water partition coefficient (Wildman–Crippen LogP) is 3.71. The van der Waals surface area contributed by atoms with Crippen molar-refractivity contribution in [3.63, 3.8) is 0 Å². The second-order valence-corrected chi connectivity index (χ2v) is 4.48. The summed E-state index contributed by atoms with van der Waals surface area (Å²) >= 11 is 0. The van der Waals surface area contributed by atoms with E-state index in [1.165, 1.54) is 0 Å². The van der Waals surface area contributed by atoms with Crippen LogP contribution in [0.5, 0.6) is 5.75 Å². The number of ketones is 1. The lowest BCUT2D eigenvalue weighted by Gasteiger charge is -2.13. The maximum Gasteiger partial charge on any atom is 0.156 e. The Hall–Kier alpha value is -1.57. The molecule has 0 spiro atoms. The van der Waals surface area contributed by atoms with Crippen LogP contribution in [0.4, 0.5) is 0 Å². The largest absolute Gasteiger partial charge is 0.497 e. The molecular formula is C15H20O2. The van der Waals surface area contributed by atoms with E-state index in [4.69, 9.17) is 4.74 Å². The summed E-state index contributed by atoms with van der Waals surface area (Å²) in [5.74, 6) is 1.22. The van der Waals surface area contributed by atoms with Crippen LogP contribution in [0.1, 0.15) is 33.3 Å². The highest BCUT2D eigenvalue weighted by Gasteiger charge is 2.13. The van der Waals surface area contributed by atoms with Crippen LogP contribution in [0.25, 0.3) is 5.57 Å². The quantitative estimate of drug-likeness (QED) is 0.740. The molecule has 17 heavy (non-hydrogen) atoms. The van der Waals surface area contributed by atoms with E-state index in [-0.39, 0.29) is 11.7 Å². The fraction of sp³-hybridized carbons (Fsp3) is 0.400. The van der Waals surface area contributed by atoms with Gasteiger partial charge in [-0.05, 0) is 43.0 Å². The van der Waals surface area contributed by atoms with Crippen molar-refractivity contribution in [3.05, 3.63) is 35.4 Å². The van der Waals surface area contributed by atoms with Gasteiger partial charge in [-0.25, -0.2) is 0 Å². The minimum atomic E-state index is 0.147. The summed E-state index contributed by atoms with van der Waals surface area (Å²) < 4.78 is 5.12. The average Bonchev–Trinajstić information content (AvgIpc) is 2.28. The molecule has 0 bridgehead atoms. The third-order valence-electron chi connectivity index (χ3n) is 2.88. The minimum absolute atomic E-state index is 0.147. The van der Waals surface area contributed by atoms with Crippen LogP contribution in [0, 0.1) is 5.92 Å². The van der Waals surface area contributed by atoms with Gasteiger partial charge in [-0.15, -0.1) is 0 Å². The van der Waals surface area contributed by atoms with Gasteiger partial charge in [0.1, 0.15) is 5.75 Å². The van der Waals surface area contributed by atoms with E-state index in [9.17, 15) is 4.79 Å². The van der Waals surface area contributed by atoms with Crippen molar-refractivity contribution in [1.82, 2.24) is 0 Å². The van der Waals surface area contributed by atoms with Crippen molar-refractivity contribution in [2.45, 2.75) is 27.7 Å². The third kappa shape index (κ3) is 3.19. The highest BCUT2D eigenvalue weighted by Crippen LogP contribution is 2.25. The number of benzene rings is 1. The summed E-state index contributed by atoms with van der Waals surface area (Å²) in [6.07, 6.45) is 0. The fourth-order valence-corrected chi connectivity index (χ4v) is 2.10. The van der Waals surface area contributed by atoms with E-state index in [1.807, 2.05) is 45.0 Å². The molecule has 1 aromatic carbocycles. The van der Waals surface area contributed by atoms with Gasteiger partial charge in [-0.2, -0.15) is 0 Å². The van der Waals surface area contributed by atoms with E-state index in [0.717, 1.165) is 22.5 Å². The molecule has 0 atom stereocenters. The average molecular weight is 232 g/mol. The maximum absolute atomic E-state index is 11.6. The summed E-state index contributed by atoms with van der Waals surface area (Å²) in [6.45, 7) is 7.72. The Morgan fingerprint density at radius 2 is 1.65 bits per heavy atom. The standard InChI is InChI=1S/C15H20O2/c1-10(2)15(12(4)16)11(3)13-6-8-14(17-5)9-7-13/h6-10H,1-5H3. The molecule has 0 saturated heterocycles.